The second kappa shape index (κ2) is 10.0. The van der Waals surface area contributed by atoms with Gasteiger partial charge in [-0.2, -0.15) is 4.68 Å². The second-order valence-electron chi connectivity index (χ2n) is 8.94. The van der Waals surface area contributed by atoms with Crippen molar-refractivity contribution in [3.8, 4) is 11.4 Å². The smallest absolute Gasteiger partial charge is 0.350 e. The van der Waals surface area contributed by atoms with Crippen LogP contribution in [0.2, 0.25) is 0 Å². The van der Waals surface area contributed by atoms with Crippen LogP contribution in [0.1, 0.15) is 63.1 Å². The van der Waals surface area contributed by atoms with Gasteiger partial charge in [-0.15, -0.1) is 5.10 Å². The molecule has 2 aromatic carbocycles. The molecule has 1 N–H and O–H groups in total. The standard InChI is InChI=1S/C25H31FN4O3/c1-15(2)12-17(5)33-22-14-21(30-25(32)29(6)23(28-30)16(3)4)20(26)13-19(22)24(31)27-18-10-8-7-9-11-18/h7-11,13-17H,12H2,1-6H3,(H,27,31)/t17-/m0/s1. The minimum Gasteiger partial charge on any atom is -0.490 e. The molecule has 0 saturated heterocycles. The molecule has 0 bridgehead atoms. The summed E-state index contributed by atoms with van der Waals surface area (Å²) in [5, 5.41) is 7.09. The summed E-state index contributed by atoms with van der Waals surface area (Å²) in [5.41, 5.74) is 0.0882. The van der Waals surface area contributed by atoms with E-state index in [0.717, 1.165) is 17.2 Å². The van der Waals surface area contributed by atoms with Crippen LogP contribution in [0.25, 0.3) is 5.69 Å². The van der Waals surface area contributed by atoms with Gasteiger partial charge in [-0.1, -0.05) is 45.9 Å². The molecule has 0 radical (unpaired) electrons. The Morgan fingerprint density at radius 2 is 1.79 bits per heavy atom. The maximum absolute atomic E-state index is 15.2. The maximum Gasteiger partial charge on any atom is 0.350 e. The zero-order valence-corrected chi connectivity index (χ0v) is 19.9. The Morgan fingerprint density at radius 1 is 1.12 bits per heavy atom. The highest BCUT2D eigenvalue weighted by molar-refractivity contribution is 6.06. The van der Waals surface area contributed by atoms with E-state index in [1.54, 1.807) is 31.3 Å². The largest absolute Gasteiger partial charge is 0.490 e. The van der Waals surface area contributed by atoms with E-state index in [4.69, 9.17) is 4.74 Å². The third kappa shape index (κ3) is 5.50. The Hall–Kier alpha value is -3.42. The van der Waals surface area contributed by atoms with Gasteiger partial charge in [0.15, 0.2) is 0 Å². The molecule has 0 aliphatic carbocycles. The number of ether oxygens (including phenoxy) is 1. The molecule has 1 heterocycles. The number of carbonyl (C=O) groups is 1. The molecule has 0 spiro atoms. The Balaban J connectivity index is 2.09. The van der Waals surface area contributed by atoms with Crippen LogP contribution in [0.3, 0.4) is 0 Å². The highest BCUT2D eigenvalue weighted by Gasteiger charge is 2.23. The van der Waals surface area contributed by atoms with Crippen LogP contribution >= 0.6 is 0 Å². The summed E-state index contributed by atoms with van der Waals surface area (Å²) >= 11 is 0. The zero-order chi connectivity index (χ0) is 24.3. The van der Waals surface area contributed by atoms with E-state index in [-0.39, 0.29) is 29.0 Å². The monoisotopic (exact) mass is 454 g/mol. The molecule has 1 amide bonds. The number of hydrogen-bond acceptors (Lipinski definition) is 4. The number of carbonyl (C=O) groups excluding carboxylic acids is 1. The minimum absolute atomic E-state index is 0.0234. The van der Waals surface area contributed by atoms with Crippen LogP contribution in [0.5, 0.6) is 5.75 Å². The van der Waals surface area contributed by atoms with Crippen molar-refractivity contribution < 1.29 is 13.9 Å². The normalized spacial score (nSPS) is 12.3. The van der Waals surface area contributed by atoms with Crippen molar-refractivity contribution >= 4 is 11.6 Å². The van der Waals surface area contributed by atoms with Gasteiger partial charge in [0, 0.05) is 24.7 Å². The van der Waals surface area contributed by atoms with Gasteiger partial charge in [0.2, 0.25) is 0 Å². The van der Waals surface area contributed by atoms with Gasteiger partial charge in [0.25, 0.3) is 5.91 Å². The van der Waals surface area contributed by atoms with Crippen molar-refractivity contribution in [2.45, 2.75) is 53.1 Å². The molecule has 1 aromatic heterocycles. The maximum atomic E-state index is 15.2. The molecular formula is C25H31FN4O3. The van der Waals surface area contributed by atoms with E-state index >= 15 is 4.39 Å². The van der Waals surface area contributed by atoms with E-state index in [1.807, 2.05) is 26.8 Å². The topological polar surface area (TPSA) is 78.2 Å². The summed E-state index contributed by atoms with van der Waals surface area (Å²) in [6.45, 7) is 9.84. The summed E-state index contributed by atoms with van der Waals surface area (Å²) < 4.78 is 23.7. The molecule has 7 nitrogen and oxygen atoms in total. The number of nitrogens with zero attached hydrogens (tertiary/aromatic N) is 3. The lowest BCUT2D eigenvalue weighted by molar-refractivity contribution is 0.101. The molecule has 33 heavy (non-hydrogen) atoms. The fourth-order valence-corrected chi connectivity index (χ4v) is 3.74. The van der Waals surface area contributed by atoms with Gasteiger partial charge in [0.1, 0.15) is 23.1 Å². The molecule has 8 heteroatoms. The highest BCUT2D eigenvalue weighted by Crippen LogP contribution is 2.28. The van der Waals surface area contributed by atoms with Crippen molar-refractivity contribution in [3.05, 3.63) is 70.2 Å². The first-order chi connectivity index (χ1) is 15.6. The lowest BCUT2D eigenvalue weighted by Crippen LogP contribution is -2.24. The number of nitrogens with one attached hydrogen (secondary N) is 1. The van der Waals surface area contributed by atoms with Crippen LogP contribution in [0.4, 0.5) is 10.1 Å². The number of para-hydroxylation sites is 1. The van der Waals surface area contributed by atoms with Crippen molar-refractivity contribution in [2.24, 2.45) is 13.0 Å². The zero-order valence-electron chi connectivity index (χ0n) is 19.9. The van der Waals surface area contributed by atoms with Crippen molar-refractivity contribution in [3.63, 3.8) is 0 Å². The van der Waals surface area contributed by atoms with E-state index in [9.17, 15) is 9.59 Å². The molecule has 0 aliphatic rings. The second-order valence-corrected chi connectivity index (χ2v) is 8.94. The third-order valence-corrected chi connectivity index (χ3v) is 5.22. The van der Waals surface area contributed by atoms with Crippen molar-refractivity contribution in [1.82, 2.24) is 14.3 Å². The van der Waals surface area contributed by atoms with Gasteiger partial charge in [-0.25, -0.2) is 9.18 Å². The van der Waals surface area contributed by atoms with E-state index in [0.29, 0.717) is 17.4 Å². The number of halogens is 1. The molecule has 0 fully saturated rings. The Morgan fingerprint density at radius 3 is 2.36 bits per heavy atom. The summed E-state index contributed by atoms with van der Waals surface area (Å²) in [6, 6.07) is 11.4. The Kier molecular flexibility index (Phi) is 7.36. The predicted octanol–water partition coefficient (Wildman–Crippen LogP) is 4.90. The molecule has 3 rings (SSSR count). The number of rotatable bonds is 8. The van der Waals surface area contributed by atoms with E-state index in [2.05, 4.69) is 24.3 Å². The number of anilines is 1. The summed E-state index contributed by atoms with van der Waals surface area (Å²) in [6.07, 6.45) is 0.520. The summed E-state index contributed by atoms with van der Waals surface area (Å²) in [7, 11) is 1.60. The first-order valence-electron chi connectivity index (χ1n) is 11.1. The van der Waals surface area contributed by atoms with Crippen LogP contribution in [-0.4, -0.2) is 26.4 Å². The fourth-order valence-electron chi connectivity index (χ4n) is 3.74. The molecule has 176 valence electrons. The van der Waals surface area contributed by atoms with Crippen molar-refractivity contribution in [2.75, 3.05) is 5.32 Å². The molecular weight excluding hydrogens is 423 g/mol. The number of amides is 1. The van der Waals surface area contributed by atoms with Gasteiger partial charge in [0.05, 0.1) is 11.7 Å². The molecule has 1 atom stereocenters. The highest BCUT2D eigenvalue weighted by atomic mass is 19.1. The molecule has 0 unspecified atom stereocenters. The lowest BCUT2D eigenvalue weighted by atomic mass is 10.1. The number of aromatic nitrogens is 3. The lowest BCUT2D eigenvalue weighted by Gasteiger charge is -2.20. The molecule has 3 aromatic rings. The van der Waals surface area contributed by atoms with Crippen molar-refractivity contribution in [1.29, 1.82) is 0 Å². The number of benzene rings is 2. The SMILES string of the molecule is CC(C)C[C@H](C)Oc1cc(-n2nc(C(C)C)n(C)c2=O)c(F)cc1C(=O)Nc1ccccc1. The fraction of sp³-hybridized carbons (Fsp3) is 0.400. The van der Waals surface area contributed by atoms with E-state index in [1.165, 1.54) is 10.6 Å². The molecule has 0 aliphatic heterocycles. The van der Waals surface area contributed by atoms with Crippen LogP contribution in [0, 0.1) is 11.7 Å². The minimum atomic E-state index is -0.743. The van der Waals surface area contributed by atoms with Crippen LogP contribution in [-0.2, 0) is 7.05 Å². The average Bonchev–Trinajstić information content (AvgIpc) is 3.04. The third-order valence-electron chi connectivity index (χ3n) is 5.22. The first-order valence-corrected chi connectivity index (χ1v) is 11.1. The van der Waals surface area contributed by atoms with Crippen LogP contribution in [0.15, 0.2) is 47.3 Å². The van der Waals surface area contributed by atoms with Crippen LogP contribution < -0.4 is 15.7 Å². The summed E-state index contributed by atoms with van der Waals surface area (Å²) in [4.78, 5) is 25.8. The summed E-state index contributed by atoms with van der Waals surface area (Å²) in [5.74, 6) is -0.182. The number of hydrogen-bond donors (Lipinski definition) is 1. The van der Waals surface area contributed by atoms with Gasteiger partial charge in [-0.05, 0) is 37.5 Å². The van der Waals surface area contributed by atoms with Gasteiger partial charge >= 0.3 is 5.69 Å². The average molecular weight is 455 g/mol. The predicted molar refractivity (Wildman–Crippen MR) is 127 cm³/mol. The Labute approximate surface area is 193 Å². The van der Waals surface area contributed by atoms with Gasteiger partial charge < -0.3 is 10.1 Å². The van der Waals surface area contributed by atoms with Gasteiger partial charge in [-0.3, -0.25) is 9.36 Å². The first kappa shape index (κ1) is 24.2. The van der Waals surface area contributed by atoms with E-state index < -0.39 is 17.4 Å². The molecule has 0 saturated carbocycles. The Bertz CT molecular complexity index is 1180. The quantitative estimate of drug-likeness (QED) is 0.525.